The van der Waals surface area contributed by atoms with Crippen LogP contribution in [0.3, 0.4) is 0 Å². The van der Waals surface area contributed by atoms with Crippen molar-refractivity contribution < 1.29 is 14.3 Å². The van der Waals surface area contributed by atoms with Gasteiger partial charge in [-0.05, 0) is 49.9 Å². The van der Waals surface area contributed by atoms with E-state index in [0.29, 0.717) is 19.4 Å². The first-order chi connectivity index (χ1) is 13.9. The van der Waals surface area contributed by atoms with Crippen LogP contribution in [0.4, 0.5) is 0 Å². The highest BCUT2D eigenvalue weighted by molar-refractivity contribution is 5.87. The fourth-order valence-corrected chi connectivity index (χ4v) is 3.06. The van der Waals surface area contributed by atoms with Crippen molar-refractivity contribution in [2.75, 3.05) is 7.11 Å². The maximum Gasteiger partial charge on any atom is 0.242 e. The van der Waals surface area contributed by atoms with Crippen LogP contribution in [0.2, 0.25) is 0 Å². The van der Waals surface area contributed by atoms with Gasteiger partial charge in [0, 0.05) is 19.0 Å². The standard InChI is InChI=1S/C24H32N2O3/c1-5-18(2)25-24(28)19(3)26(17-21-12-9-13-22(16-21)29-4)23(27)15-14-20-10-7-6-8-11-20/h6-13,16,18-19H,5,14-15,17H2,1-4H3,(H,25,28)/t18-,19-/m0/s1. The first-order valence-electron chi connectivity index (χ1n) is 10.2. The first-order valence-corrected chi connectivity index (χ1v) is 10.2. The van der Waals surface area contributed by atoms with Gasteiger partial charge in [0.1, 0.15) is 11.8 Å². The molecule has 5 heteroatoms. The van der Waals surface area contributed by atoms with E-state index in [2.05, 4.69) is 5.32 Å². The van der Waals surface area contributed by atoms with Gasteiger partial charge in [-0.25, -0.2) is 0 Å². The third kappa shape index (κ3) is 6.93. The van der Waals surface area contributed by atoms with Gasteiger partial charge >= 0.3 is 0 Å². The van der Waals surface area contributed by atoms with Crippen molar-refractivity contribution in [2.45, 2.75) is 58.7 Å². The SMILES string of the molecule is CC[C@H](C)NC(=O)[C@H](C)N(Cc1cccc(OC)c1)C(=O)CCc1ccccc1. The summed E-state index contributed by atoms with van der Waals surface area (Å²) < 4.78 is 5.29. The lowest BCUT2D eigenvalue weighted by atomic mass is 10.1. The summed E-state index contributed by atoms with van der Waals surface area (Å²) in [5.74, 6) is 0.565. The highest BCUT2D eigenvalue weighted by Gasteiger charge is 2.26. The molecule has 0 aliphatic carbocycles. The second-order valence-electron chi connectivity index (χ2n) is 7.35. The Hall–Kier alpha value is -2.82. The topological polar surface area (TPSA) is 58.6 Å². The monoisotopic (exact) mass is 396 g/mol. The maximum absolute atomic E-state index is 13.1. The highest BCUT2D eigenvalue weighted by atomic mass is 16.5. The lowest BCUT2D eigenvalue weighted by molar-refractivity contribution is -0.140. The van der Waals surface area contributed by atoms with Crippen LogP contribution in [0, 0.1) is 0 Å². The number of ether oxygens (including phenoxy) is 1. The van der Waals surface area contributed by atoms with Gasteiger partial charge in [-0.1, -0.05) is 49.4 Å². The van der Waals surface area contributed by atoms with E-state index < -0.39 is 6.04 Å². The summed E-state index contributed by atoms with van der Waals surface area (Å²) in [5, 5.41) is 2.99. The van der Waals surface area contributed by atoms with Crippen LogP contribution in [0.15, 0.2) is 54.6 Å². The Kier molecular flexibility index (Phi) is 8.71. The molecule has 0 saturated heterocycles. The average molecular weight is 397 g/mol. The maximum atomic E-state index is 13.1. The van der Waals surface area contributed by atoms with Crippen molar-refractivity contribution in [3.05, 3.63) is 65.7 Å². The van der Waals surface area contributed by atoms with E-state index in [4.69, 9.17) is 4.74 Å². The van der Waals surface area contributed by atoms with Gasteiger partial charge in [-0.2, -0.15) is 0 Å². The van der Waals surface area contributed by atoms with E-state index in [-0.39, 0.29) is 17.9 Å². The minimum Gasteiger partial charge on any atom is -0.497 e. The van der Waals surface area contributed by atoms with Gasteiger partial charge in [0.15, 0.2) is 0 Å². The number of carbonyl (C=O) groups excluding carboxylic acids is 2. The molecule has 2 aromatic carbocycles. The van der Waals surface area contributed by atoms with Gasteiger partial charge in [0.25, 0.3) is 0 Å². The molecule has 0 radical (unpaired) electrons. The second-order valence-corrected chi connectivity index (χ2v) is 7.35. The molecule has 2 atom stereocenters. The van der Waals surface area contributed by atoms with Gasteiger partial charge in [-0.3, -0.25) is 9.59 Å². The van der Waals surface area contributed by atoms with Crippen molar-refractivity contribution >= 4 is 11.8 Å². The fraction of sp³-hybridized carbons (Fsp3) is 0.417. The van der Waals surface area contributed by atoms with Crippen LogP contribution in [0.1, 0.15) is 44.7 Å². The molecule has 0 unspecified atom stereocenters. The number of carbonyl (C=O) groups is 2. The molecule has 5 nitrogen and oxygen atoms in total. The molecule has 29 heavy (non-hydrogen) atoms. The molecule has 0 spiro atoms. The summed E-state index contributed by atoms with van der Waals surface area (Å²) in [7, 11) is 1.62. The number of methoxy groups -OCH3 is 1. The molecule has 2 rings (SSSR count). The number of rotatable bonds is 10. The predicted octanol–water partition coefficient (Wildman–Crippen LogP) is 3.96. The molecule has 0 aliphatic heterocycles. The number of nitrogens with zero attached hydrogens (tertiary/aromatic N) is 1. The Labute approximate surface area is 174 Å². The zero-order chi connectivity index (χ0) is 21.2. The van der Waals surface area contributed by atoms with Gasteiger partial charge in [-0.15, -0.1) is 0 Å². The van der Waals surface area contributed by atoms with Crippen LogP contribution in [0.25, 0.3) is 0 Å². The number of hydrogen-bond acceptors (Lipinski definition) is 3. The molecule has 0 aliphatic rings. The number of nitrogens with one attached hydrogen (secondary N) is 1. The molecule has 0 aromatic heterocycles. The summed E-state index contributed by atoms with van der Waals surface area (Å²) >= 11 is 0. The third-order valence-corrected chi connectivity index (χ3v) is 5.13. The summed E-state index contributed by atoms with van der Waals surface area (Å²) in [6.45, 7) is 6.14. The Balaban J connectivity index is 2.16. The fourth-order valence-electron chi connectivity index (χ4n) is 3.06. The number of hydrogen-bond donors (Lipinski definition) is 1. The molecule has 1 N–H and O–H groups in total. The number of amides is 2. The molecule has 2 amide bonds. The van der Waals surface area contributed by atoms with Crippen molar-refractivity contribution in [3.8, 4) is 5.75 Å². The zero-order valence-electron chi connectivity index (χ0n) is 17.9. The van der Waals surface area contributed by atoms with E-state index >= 15 is 0 Å². The van der Waals surface area contributed by atoms with Crippen molar-refractivity contribution in [1.29, 1.82) is 0 Å². The molecule has 156 valence electrons. The Morgan fingerprint density at radius 3 is 2.38 bits per heavy atom. The van der Waals surface area contributed by atoms with Crippen LogP contribution in [-0.4, -0.2) is 35.9 Å². The van der Waals surface area contributed by atoms with Gasteiger partial charge < -0.3 is 15.0 Å². The molecule has 2 aromatic rings. The summed E-state index contributed by atoms with van der Waals surface area (Å²) in [4.78, 5) is 27.5. The van der Waals surface area contributed by atoms with Gasteiger partial charge in [0.2, 0.25) is 11.8 Å². The summed E-state index contributed by atoms with van der Waals surface area (Å²) in [6, 6.07) is 17.0. The minimum absolute atomic E-state index is 0.0384. The molecule has 0 bridgehead atoms. The van der Waals surface area contributed by atoms with E-state index in [1.807, 2.05) is 68.4 Å². The summed E-state index contributed by atoms with van der Waals surface area (Å²) in [6.07, 6.45) is 1.85. The zero-order valence-corrected chi connectivity index (χ0v) is 17.9. The molecule has 0 heterocycles. The average Bonchev–Trinajstić information content (AvgIpc) is 2.76. The van der Waals surface area contributed by atoms with Crippen LogP contribution >= 0.6 is 0 Å². The van der Waals surface area contributed by atoms with Crippen molar-refractivity contribution in [1.82, 2.24) is 10.2 Å². The van der Waals surface area contributed by atoms with E-state index in [1.165, 1.54) is 0 Å². The Morgan fingerprint density at radius 2 is 1.72 bits per heavy atom. The minimum atomic E-state index is -0.557. The smallest absolute Gasteiger partial charge is 0.242 e. The lowest BCUT2D eigenvalue weighted by Crippen LogP contribution is -2.49. The van der Waals surface area contributed by atoms with Crippen molar-refractivity contribution in [2.24, 2.45) is 0 Å². The first kappa shape index (κ1) is 22.5. The van der Waals surface area contributed by atoms with Crippen LogP contribution in [-0.2, 0) is 22.6 Å². The Bertz CT molecular complexity index is 792. The van der Waals surface area contributed by atoms with Crippen LogP contribution < -0.4 is 10.1 Å². The van der Waals surface area contributed by atoms with Gasteiger partial charge in [0.05, 0.1) is 7.11 Å². The summed E-state index contributed by atoms with van der Waals surface area (Å²) in [5.41, 5.74) is 2.04. The van der Waals surface area contributed by atoms with Crippen molar-refractivity contribution in [3.63, 3.8) is 0 Å². The van der Waals surface area contributed by atoms with E-state index in [9.17, 15) is 9.59 Å². The normalized spacial score (nSPS) is 12.7. The highest BCUT2D eigenvalue weighted by Crippen LogP contribution is 2.17. The number of benzene rings is 2. The van der Waals surface area contributed by atoms with E-state index in [0.717, 1.165) is 23.3 Å². The molecular weight excluding hydrogens is 364 g/mol. The Morgan fingerprint density at radius 1 is 1.03 bits per heavy atom. The molecular formula is C24H32N2O3. The number of aryl methyl sites for hydroxylation is 1. The van der Waals surface area contributed by atoms with Crippen LogP contribution in [0.5, 0.6) is 5.75 Å². The quantitative estimate of drug-likeness (QED) is 0.661. The largest absolute Gasteiger partial charge is 0.497 e. The predicted molar refractivity (Wildman–Crippen MR) is 116 cm³/mol. The molecule has 0 fully saturated rings. The second kappa shape index (κ2) is 11.2. The molecule has 0 saturated carbocycles. The lowest BCUT2D eigenvalue weighted by Gasteiger charge is -2.30. The third-order valence-electron chi connectivity index (χ3n) is 5.13. The van der Waals surface area contributed by atoms with E-state index in [1.54, 1.807) is 18.9 Å².